The molecule has 5 nitrogen and oxygen atoms in total. The van der Waals surface area contributed by atoms with Gasteiger partial charge in [0.1, 0.15) is 5.82 Å². The highest BCUT2D eigenvalue weighted by molar-refractivity contribution is 6.33. The van der Waals surface area contributed by atoms with Crippen LogP contribution in [0.5, 0.6) is 0 Å². The molecular formula is C13H13ClN4O. The number of aryl methyl sites for hydroxylation is 1. The van der Waals surface area contributed by atoms with E-state index in [1.54, 1.807) is 37.4 Å². The second-order valence-corrected chi connectivity index (χ2v) is 4.49. The molecule has 0 aliphatic carbocycles. The molecule has 0 fully saturated rings. The zero-order valence-electron chi connectivity index (χ0n) is 10.3. The zero-order chi connectivity index (χ0) is 14.0. The minimum Gasteiger partial charge on any atom is -0.399 e. The molecule has 0 saturated carbocycles. The third-order valence-electron chi connectivity index (χ3n) is 2.65. The van der Waals surface area contributed by atoms with E-state index in [1.165, 1.54) is 0 Å². The van der Waals surface area contributed by atoms with Crippen molar-refractivity contribution in [3.63, 3.8) is 0 Å². The molecule has 2 aromatic rings. The first kappa shape index (κ1) is 13.2. The first-order valence-electron chi connectivity index (χ1n) is 5.56. The summed E-state index contributed by atoms with van der Waals surface area (Å²) in [6.45, 7) is 1.79. The second-order valence-electron chi connectivity index (χ2n) is 4.08. The van der Waals surface area contributed by atoms with Gasteiger partial charge in [-0.3, -0.25) is 4.79 Å². The minimum atomic E-state index is -0.548. The van der Waals surface area contributed by atoms with Gasteiger partial charge < -0.3 is 16.8 Å². The molecule has 1 amide bonds. The maximum Gasteiger partial charge on any atom is 0.252 e. The summed E-state index contributed by atoms with van der Waals surface area (Å²) >= 11 is 6.06. The Kier molecular flexibility index (Phi) is 3.57. The van der Waals surface area contributed by atoms with Gasteiger partial charge in [0.25, 0.3) is 5.91 Å². The third-order valence-corrected chi connectivity index (χ3v) is 2.98. The number of benzene rings is 1. The van der Waals surface area contributed by atoms with E-state index in [0.717, 1.165) is 5.56 Å². The zero-order valence-corrected chi connectivity index (χ0v) is 11.0. The summed E-state index contributed by atoms with van der Waals surface area (Å²) < 4.78 is 0. The van der Waals surface area contributed by atoms with E-state index < -0.39 is 5.91 Å². The average molecular weight is 277 g/mol. The van der Waals surface area contributed by atoms with Crippen molar-refractivity contribution in [1.29, 1.82) is 0 Å². The molecule has 0 aliphatic heterocycles. The molecule has 19 heavy (non-hydrogen) atoms. The largest absolute Gasteiger partial charge is 0.399 e. The van der Waals surface area contributed by atoms with Gasteiger partial charge in [0.2, 0.25) is 0 Å². The molecule has 0 aliphatic rings. The summed E-state index contributed by atoms with van der Waals surface area (Å²) in [7, 11) is 0. The Labute approximate surface area is 115 Å². The number of carbonyl (C=O) groups is 1. The number of nitrogens with zero attached hydrogens (tertiary/aromatic N) is 1. The Balaban J connectivity index is 2.46. The topological polar surface area (TPSA) is 94.0 Å². The van der Waals surface area contributed by atoms with Crippen molar-refractivity contribution < 1.29 is 4.79 Å². The molecular weight excluding hydrogens is 264 g/mol. The maximum atomic E-state index is 11.5. The molecule has 1 aromatic heterocycles. The van der Waals surface area contributed by atoms with Crippen LogP contribution < -0.4 is 16.8 Å². The van der Waals surface area contributed by atoms with Gasteiger partial charge in [0.15, 0.2) is 0 Å². The van der Waals surface area contributed by atoms with E-state index in [-0.39, 0.29) is 0 Å². The number of primary amides is 1. The van der Waals surface area contributed by atoms with Crippen LogP contribution in [0, 0.1) is 6.92 Å². The lowest BCUT2D eigenvalue weighted by atomic mass is 10.1. The highest BCUT2D eigenvalue weighted by atomic mass is 35.5. The van der Waals surface area contributed by atoms with Crippen LogP contribution in [0.25, 0.3) is 0 Å². The monoisotopic (exact) mass is 276 g/mol. The Bertz CT molecular complexity index is 643. The number of amides is 1. The predicted octanol–water partition coefficient (Wildman–Crippen LogP) is 2.47. The van der Waals surface area contributed by atoms with Crippen LogP contribution in [-0.2, 0) is 0 Å². The Morgan fingerprint density at radius 3 is 2.79 bits per heavy atom. The number of nitrogens with two attached hydrogens (primary N) is 2. The number of nitrogen functional groups attached to an aromatic ring is 1. The summed E-state index contributed by atoms with van der Waals surface area (Å²) in [5.41, 5.74) is 13.3. The Morgan fingerprint density at radius 1 is 1.37 bits per heavy atom. The lowest BCUT2D eigenvalue weighted by Gasteiger charge is -2.12. The van der Waals surface area contributed by atoms with Gasteiger partial charge in [-0.1, -0.05) is 11.6 Å². The van der Waals surface area contributed by atoms with Crippen molar-refractivity contribution in [2.45, 2.75) is 6.92 Å². The van der Waals surface area contributed by atoms with Crippen molar-refractivity contribution in [3.8, 4) is 0 Å². The molecule has 6 heteroatoms. The molecule has 0 spiro atoms. The number of anilines is 3. The summed E-state index contributed by atoms with van der Waals surface area (Å²) in [5.74, 6) is -0.187. The molecule has 98 valence electrons. The second kappa shape index (κ2) is 5.16. The molecule has 0 saturated heterocycles. The van der Waals surface area contributed by atoms with E-state index in [9.17, 15) is 4.79 Å². The van der Waals surface area contributed by atoms with E-state index in [2.05, 4.69) is 10.3 Å². The first-order valence-corrected chi connectivity index (χ1v) is 5.94. The van der Waals surface area contributed by atoms with Crippen LogP contribution in [0.3, 0.4) is 0 Å². The van der Waals surface area contributed by atoms with Gasteiger partial charge >= 0.3 is 0 Å². The average Bonchev–Trinajstić information content (AvgIpc) is 2.33. The number of pyridine rings is 1. The first-order chi connectivity index (χ1) is 8.99. The van der Waals surface area contributed by atoms with Crippen molar-refractivity contribution in [2.24, 2.45) is 5.73 Å². The van der Waals surface area contributed by atoms with Gasteiger partial charge in [-0.05, 0) is 36.8 Å². The minimum absolute atomic E-state index is 0.334. The van der Waals surface area contributed by atoms with Crippen LogP contribution >= 0.6 is 11.6 Å². The number of halogens is 1. The predicted molar refractivity (Wildman–Crippen MR) is 76.6 cm³/mol. The fourth-order valence-corrected chi connectivity index (χ4v) is 1.90. The van der Waals surface area contributed by atoms with Crippen LogP contribution in [0.15, 0.2) is 30.5 Å². The normalized spacial score (nSPS) is 10.2. The lowest BCUT2D eigenvalue weighted by Crippen LogP contribution is -2.16. The van der Waals surface area contributed by atoms with E-state index >= 15 is 0 Å². The van der Waals surface area contributed by atoms with E-state index in [0.29, 0.717) is 27.8 Å². The van der Waals surface area contributed by atoms with Gasteiger partial charge in [-0.25, -0.2) is 4.98 Å². The SMILES string of the molecule is Cc1ccnc(Nc2cc(N)ccc2Cl)c1C(N)=O. The highest BCUT2D eigenvalue weighted by Gasteiger charge is 2.13. The number of nitrogens with one attached hydrogen (secondary N) is 1. The third kappa shape index (κ3) is 2.77. The van der Waals surface area contributed by atoms with E-state index in [4.69, 9.17) is 23.1 Å². The lowest BCUT2D eigenvalue weighted by molar-refractivity contribution is 0.100. The number of carbonyl (C=O) groups excluding carboxylic acids is 1. The smallest absolute Gasteiger partial charge is 0.252 e. The van der Waals surface area contributed by atoms with Gasteiger partial charge in [0, 0.05) is 11.9 Å². The highest BCUT2D eigenvalue weighted by Crippen LogP contribution is 2.28. The number of rotatable bonds is 3. The summed E-state index contributed by atoms with van der Waals surface area (Å²) in [6, 6.07) is 6.73. The van der Waals surface area contributed by atoms with Gasteiger partial charge in [-0.15, -0.1) is 0 Å². The number of aromatic nitrogens is 1. The number of hydrogen-bond acceptors (Lipinski definition) is 4. The Hall–Kier alpha value is -2.27. The molecule has 0 atom stereocenters. The quantitative estimate of drug-likeness (QED) is 0.751. The standard InChI is InChI=1S/C13H13ClN4O/c1-7-4-5-17-13(11(7)12(16)19)18-10-6-8(15)2-3-9(10)14/h2-6H,15H2,1H3,(H2,16,19)(H,17,18). The fraction of sp³-hybridized carbons (Fsp3) is 0.0769. The van der Waals surface area contributed by atoms with Crippen LogP contribution in [0.1, 0.15) is 15.9 Å². The molecule has 1 aromatic carbocycles. The molecule has 0 unspecified atom stereocenters. The molecule has 0 radical (unpaired) electrons. The fourth-order valence-electron chi connectivity index (χ4n) is 1.73. The van der Waals surface area contributed by atoms with E-state index in [1.807, 2.05) is 0 Å². The molecule has 5 N–H and O–H groups in total. The molecule has 1 heterocycles. The van der Waals surface area contributed by atoms with Crippen molar-refractivity contribution in [2.75, 3.05) is 11.1 Å². The maximum absolute atomic E-state index is 11.5. The van der Waals surface area contributed by atoms with Crippen LogP contribution in [-0.4, -0.2) is 10.9 Å². The summed E-state index contributed by atoms with van der Waals surface area (Å²) in [5, 5.41) is 3.46. The molecule has 2 rings (SSSR count). The van der Waals surface area contributed by atoms with Gasteiger partial charge in [0.05, 0.1) is 16.3 Å². The Morgan fingerprint density at radius 2 is 2.11 bits per heavy atom. The number of hydrogen-bond donors (Lipinski definition) is 3. The van der Waals surface area contributed by atoms with Crippen molar-refractivity contribution in [1.82, 2.24) is 4.98 Å². The van der Waals surface area contributed by atoms with Crippen molar-refractivity contribution >= 4 is 34.7 Å². The molecule has 0 bridgehead atoms. The van der Waals surface area contributed by atoms with Crippen molar-refractivity contribution in [3.05, 3.63) is 46.6 Å². The summed E-state index contributed by atoms with van der Waals surface area (Å²) in [4.78, 5) is 15.6. The van der Waals surface area contributed by atoms with Gasteiger partial charge in [-0.2, -0.15) is 0 Å². The van der Waals surface area contributed by atoms with Crippen LogP contribution in [0.2, 0.25) is 5.02 Å². The van der Waals surface area contributed by atoms with Crippen LogP contribution in [0.4, 0.5) is 17.2 Å². The summed E-state index contributed by atoms with van der Waals surface area (Å²) in [6.07, 6.45) is 1.59.